The van der Waals surface area contributed by atoms with Gasteiger partial charge >= 0.3 is 0 Å². The van der Waals surface area contributed by atoms with E-state index in [0.717, 1.165) is 11.3 Å². The molecule has 0 atom stereocenters. The zero-order valence-corrected chi connectivity index (χ0v) is 14.6. The van der Waals surface area contributed by atoms with Crippen molar-refractivity contribution in [2.24, 2.45) is 0 Å². The molecule has 4 aromatic rings. The molecule has 130 valence electrons. The van der Waals surface area contributed by atoms with Crippen LogP contribution in [0.5, 0.6) is 5.75 Å². The Morgan fingerprint density at radius 1 is 1.15 bits per heavy atom. The van der Waals surface area contributed by atoms with E-state index in [2.05, 4.69) is 5.10 Å². The fraction of sp³-hybridized carbons (Fsp3) is 0.143. The number of hydrogen-bond acceptors (Lipinski definition) is 4. The fourth-order valence-electron chi connectivity index (χ4n) is 3.05. The Labute approximate surface area is 150 Å². The zero-order chi connectivity index (χ0) is 18.1. The van der Waals surface area contributed by atoms with Gasteiger partial charge in [-0.15, -0.1) is 0 Å². The minimum absolute atomic E-state index is 0.0700. The highest BCUT2D eigenvalue weighted by Gasteiger charge is 2.16. The summed E-state index contributed by atoms with van der Waals surface area (Å²) in [5.41, 5.74) is 2.65. The second-order valence-electron chi connectivity index (χ2n) is 5.96. The Kier molecular flexibility index (Phi) is 4.05. The second-order valence-corrected chi connectivity index (χ2v) is 5.96. The predicted molar refractivity (Wildman–Crippen MR) is 101 cm³/mol. The maximum atomic E-state index is 13.0. The Bertz CT molecular complexity index is 1130. The van der Waals surface area contributed by atoms with Crippen LogP contribution < -0.4 is 10.2 Å². The van der Waals surface area contributed by atoms with Crippen LogP contribution in [0, 0.1) is 6.92 Å². The molecule has 0 fully saturated rings. The molecule has 26 heavy (non-hydrogen) atoms. The van der Waals surface area contributed by atoms with E-state index in [4.69, 9.17) is 9.15 Å². The molecule has 0 bridgehead atoms. The number of para-hydroxylation sites is 1. The molecule has 0 unspecified atom stereocenters. The quantitative estimate of drug-likeness (QED) is 0.551. The summed E-state index contributed by atoms with van der Waals surface area (Å²) < 4.78 is 13.1. The molecule has 5 heteroatoms. The van der Waals surface area contributed by atoms with Gasteiger partial charge in [0.1, 0.15) is 17.1 Å². The summed E-state index contributed by atoms with van der Waals surface area (Å²) in [7, 11) is 0. The number of rotatable bonds is 4. The van der Waals surface area contributed by atoms with Crippen LogP contribution in [0.3, 0.4) is 0 Å². The maximum Gasteiger partial charge on any atom is 0.200 e. The number of nitrogens with zero attached hydrogens (tertiary/aromatic N) is 2. The van der Waals surface area contributed by atoms with Gasteiger partial charge < -0.3 is 9.15 Å². The third-order valence-electron chi connectivity index (χ3n) is 4.24. The highest BCUT2D eigenvalue weighted by molar-refractivity contribution is 5.83. The minimum Gasteiger partial charge on any atom is -0.494 e. The third-order valence-corrected chi connectivity index (χ3v) is 4.24. The molecule has 0 radical (unpaired) electrons. The molecule has 0 spiro atoms. The van der Waals surface area contributed by atoms with E-state index in [-0.39, 0.29) is 5.43 Å². The van der Waals surface area contributed by atoms with Gasteiger partial charge in [-0.1, -0.05) is 18.2 Å². The topological polar surface area (TPSA) is 57.3 Å². The van der Waals surface area contributed by atoms with Gasteiger partial charge in [0.15, 0.2) is 0 Å². The van der Waals surface area contributed by atoms with Crippen LogP contribution in [0.1, 0.15) is 12.7 Å². The SMILES string of the molecule is CCOc1ccc2c(=O)c(-c3cnn(-c4ccccc4)c3)c(C)oc2c1. The largest absolute Gasteiger partial charge is 0.494 e. The van der Waals surface area contributed by atoms with Crippen molar-refractivity contribution in [1.29, 1.82) is 0 Å². The summed E-state index contributed by atoms with van der Waals surface area (Å²) in [5, 5.41) is 4.91. The average molecular weight is 346 g/mol. The van der Waals surface area contributed by atoms with Crippen LogP contribution in [-0.2, 0) is 0 Å². The monoisotopic (exact) mass is 346 g/mol. The molecule has 0 saturated carbocycles. The first-order chi connectivity index (χ1) is 12.7. The normalized spacial score (nSPS) is 11.0. The lowest BCUT2D eigenvalue weighted by molar-refractivity contribution is 0.340. The Hall–Kier alpha value is -3.34. The fourth-order valence-corrected chi connectivity index (χ4v) is 3.05. The standard InChI is InChI=1S/C21H18N2O3/c1-3-25-17-9-10-18-19(11-17)26-14(2)20(21(18)24)15-12-22-23(13-15)16-7-5-4-6-8-16/h4-13H,3H2,1-2H3. The summed E-state index contributed by atoms with van der Waals surface area (Å²) in [6, 6.07) is 15.1. The van der Waals surface area contributed by atoms with E-state index in [1.54, 1.807) is 36.0 Å². The van der Waals surface area contributed by atoms with E-state index in [9.17, 15) is 4.79 Å². The smallest absolute Gasteiger partial charge is 0.200 e. The number of benzene rings is 2. The van der Waals surface area contributed by atoms with E-state index < -0.39 is 0 Å². The van der Waals surface area contributed by atoms with Crippen molar-refractivity contribution in [3.05, 3.63) is 76.9 Å². The van der Waals surface area contributed by atoms with Crippen molar-refractivity contribution < 1.29 is 9.15 Å². The molecular formula is C21H18N2O3. The van der Waals surface area contributed by atoms with Crippen molar-refractivity contribution in [3.63, 3.8) is 0 Å². The van der Waals surface area contributed by atoms with Crippen molar-refractivity contribution in [2.75, 3.05) is 6.61 Å². The molecule has 4 rings (SSSR count). The van der Waals surface area contributed by atoms with Gasteiger partial charge in [-0.3, -0.25) is 4.79 Å². The highest BCUT2D eigenvalue weighted by atomic mass is 16.5. The van der Waals surface area contributed by atoms with Crippen LogP contribution in [0.15, 0.2) is 70.1 Å². The number of aromatic nitrogens is 2. The second kappa shape index (κ2) is 6.52. The van der Waals surface area contributed by atoms with Gasteiger partial charge in [0.25, 0.3) is 0 Å². The lowest BCUT2D eigenvalue weighted by atomic mass is 10.1. The molecule has 0 N–H and O–H groups in total. The van der Waals surface area contributed by atoms with Crippen molar-refractivity contribution >= 4 is 11.0 Å². The van der Waals surface area contributed by atoms with Gasteiger partial charge in [-0.05, 0) is 38.1 Å². The van der Waals surface area contributed by atoms with E-state index >= 15 is 0 Å². The maximum absolute atomic E-state index is 13.0. The van der Waals surface area contributed by atoms with Crippen LogP contribution >= 0.6 is 0 Å². The predicted octanol–water partition coefficient (Wildman–Crippen LogP) is 4.35. The number of aryl methyl sites for hydroxylation is 1. The first-order valence-electron chi connectivity index (χ1n) is 8.48. The van der Waals surface area contributed by atoms with Gasteiger partial charge in [0.05, 0.1) is 29.4 Å². The molecule has 2 heterocycles. The first-order valence-corrected chi connectivity index (χ1v) is 8.48. The van der Waals surface area contributed by atoms with Crippen molar-refractivity contribution in [1.82, 2.24) is 9.78 Å². The van der Waals surface area contributed by atoms with Crippen molar-refractivity contribution in [3.8, 4) is 22.6 Å². The summed E-state index contributed by atoms with van der Waals surface area (Å²) >= 11 is 0. The van der Waals surface area contributed by atoms with Gasteiger partial charge in [-0.2, -0.15) is 5.10 Å². The minimum atomic E-state index is -0.0700. The molecule has 0 amide bonds. The van der Waals surface area contributed by atoms with Crippen LogP contribution in [0.2, 0.25) is 0 Å². The Balaban J connectivity index is 1.83. The Morgan fingerprint density at radius 2 is 1.96 bits per heavy atom. The van der Waals surface area contributed by atoms with Crippen LogP contribution in [0.25, 0.3) is 27.8 Å². The van der Waals surface area contributed by atoms with E-state index in [0.29, 0.717) is 34.6 Å². The third kappa shape index (κ3) is 2.77. The molecule has 0 aliphatic heterocycles. The summed E-state index contributed by atoms with van der Waals surface area (Å²) in [6.45, 7) is 4.27. The molecule has 0 aliphatic carbocycles. The zero-order valence-electron chi connectivity index (χ0n) is 14.6. The van der Waals surface area contributed by atoms with Gasteiger partial charge in [0.2, 0.25) is 5.43 Å². The lowest BCUT2D eigenvalue weighted by Crippen LogP contribution is -2.07. The summed E-state index contributed by atoms with van der Waals surface area (Å²) in [4.78, 5) is 13.0. The summed E-state index contributed by atoms with van der Waals surface area (Å²) in [6.07, 6.45) is 3.53. The van der Waals surface area contributed by atoms with Crippen LogP contribution in [-0.4, -0.2) is 16.4 Å². The molecule has 0 saturated heterocycles. The number of hydrogen-bond donors (Lipinski definition) is 0. The average Bonchev–Trinajstić information content (AvgIpc) is 3.12. The molecule has 2 aromatic carbocycles. The molecular weight excluding hydrogens is 328 g/mol. The number of ether oxygens (including phenoxy) is 1. The van der Waals surface area contributed by atoms with E-state index in [1.807, 2.05) is 43.5 Å². The van der Waals surface area contributed by atoms with Crippen LogP contribution in [0.4, 0.5) is 0 Å². The lowest BCUT2D eigenvalue weighted by Gasteiger charge is -2.07. The Morgan fingerprint density at radius 3 is 2.73 bits per heavy atom. The van der Waals surface area contributed by atoms with E-state index in [1.165, 1.54) is 0 Å². The molecule has 2 aromatic heterocycles. The number of fused-ring (bicyclic) bond motifs is 1. The van der Waals surface area contributed by atoms with Crippen molar-refractivity contribution in [2.45, 2.75) is 13.8 Å². The molecule has 5 nitrogen and oxygen atoms in total. The van der Waals surface area contributed by atoms with Gasteiger partial charge in [-0.25, -0.2) is 4.68 Å². The molecule has 0 aliphatic rings. The highest BCUT2D eigenvalue weighted by Crippen LogP contribution is 2.26. The first kappa shape index (κ1) is 16.1. The summed E-state index contributed by atoms with van der Waals surface area (Å²) in [5.74, 6) is 1.25. The van der Waals surface area contributed by atoms with Gasteiger partial charge in [0, 0.05) is 17.8 Å².